The summed E-state index contributed by atoms with van der Waals surface area (Å²) >= 11 is 0. The molecule has 0 aromatic heterocycles. The van der Waals surface area contributed by atoms with Gasteiger partial charge in [-0.1, -0.05) is 30.7 Å². The van der Waals surface area contributed by atoms with Crippen LogP contribution in [0.25, 0.3) is 0 Å². The van der Waals surface area contributed by atoms with Gasteiger partial charge in [-0.25, -0.2) is 0 Å². The molecule has 0 amide bonds. The van der Waals surface area contributed by atoms with Crippen LogP contribution >= 0.6 is 0 Å². The fourth-order valence-corrected chi connectivity index (χ4v) is 3.72. The molecule has 1 aromatic rings. The van der Waals surface area contributed by atoms with Gasteiger partial charge in [0.25, 0.3) is 0 Å². The fourth-order valence-electron chi connectivity index (χ4n) is 3.72. The molecule has 2 bridgehead atoms. The van der Waals surface area contributed by atoms with Crippen molar-refractivity contribution in [2.24, 2.45) is 0 Å². The zero-order chi connectivity index (χ0) is 13.5. The smallest absolute Gasteiger partial charge is 0.181 e. The van der Waals surface area contributed by atoms with Gasteiger partial charge in [0.1, 0.15) is 0 Å². The minimum absolute atomic E-state index is 0.0899. The van der Waals surface area contributed by atoms with Crippen molar-refractivity contribution in [2.75, 3.05) is 32.7 Å². The molecular formula is C17H22N2O. The van der Waals surface area contributed by atoms with Gasteiger partial charge >= 0.3 is 0 Å². The summed E-state index contributed by atoms with van der Waals surface area (Å²) in [4.78, 5) is 17.5. The standard InChI is InChI=1S/C17H22N2O/c20-17(16-12-18-8-10-19(16)11-9-18)15-6-4-14(5-7-15)13-2-1-3-13/h4-7,13,16H,1-3,8-12H2. The molecule has 3 heterocycles. The second kappa shape index (κ2) is 4.97. The number of rotatable bonds is 3. The number of ketones is 1. The lowest BCUT2D eigenvalue weighted by Crippen LogP contribution is -2.63. The summed E-state index contributed by atoms with van der Waals surface area (Å²) in [6, 6.07) is 8.54. The molecule has 3 nitrogen and oxygen atoms in total. The largest absolute Gasteiger partial charge is 0.299 e. The second-order valence-corrected chi connectivity index (χ2v) is 6.47. The Morgan fingerprint density at radius 1 is 1.00 bits per heavy atom. The van der Waals surface area contributed by atoms with Crippen molar-refractivity contribution < 1.29 is 4.79 Å². The molecule has 4 fully saturated rings. The van der Waals surface area contributed by atoms with Crippen LogP contribution in [0.5, 0.6) is 0 Å². The van der Waals surface area contributed by atoms with Gasteiger partial charge in [0, 0.05) is 38.3 Å². The number of benzene rings is 1. The number of fused-ring (bicyclic) bond motifs is 3. The Morgan fingerprint density at radius 3 is 2.20 bits per heavy atom. The van der Waals surface area contributed by atoms with E-state index in [4.69, 9.17) is 0 Å². The van der Waals surface area contributed by atoms with Crippen LogP contribution in [0.3, 0.4) is 0 Å². The third kappa shape index (κ3) is 2.09. The highest BCUT2D eigenvalue weighted by Gasteiger charge is 2.36. The molecule has 3 heteroatoms. The molecule has 106 valence electrons. The molecule has 1 saturated carbocycles. The first kappa shape index (κ1) is 12.5. The van der Waals surface area contributed by atoms with Gasteiger partial charge in [-0.2, -0.15) is 0 Å². The molecule has 20 heavy (non-hydrogen) atoms. The van der Waals surface area contributed by atoms with Crippen molar-refractivity contribution in [1.29, 1.82) is 0 Å². The molecule has 1 aliphatic carbocycles. The summed E-state index contributed by atoms with van der Waals surface area (Å²) in [6.07, 6.45) is 4.00. The molecule has 1 aromatic carbocycles. The SMILES string of the molecule is O=C(c1ccc(C2CCC2)cc1)C1CN2CCN1CC2. The maximum Gasteiger partial charge on any atom is 0.181 e. The van der Waals surface area contributed by atoms with Crippen LogP contribution in [0.2, 0.25) is 0 Å². The predicted molar refractivity (Wildman–Crippen MR) is 79.2 cm³/mol. The minimum atomic E-state index is 0.0899. The Hall–Kier alpha value is -1.19. The lowest BCUT2D eigenvalue weighted by atomic mass is 9.80. The third-order valence-electron chi connectivity index (χ3n) is 5.35. The number of piperazine rings is 3. The topological polar surface area (TPSA) is 23.6 Å². The van der Waals surface area contributed by atoms with Gasteiger partial charge in [-0.05, 0) is 24.3 Å². The van der Waals surface area contributed by atoms with Crippen LogP contribution in [-0.2, 0) is 0 Å². The number of Topliss-reactive ketones (excluding diaryl/α,β-unsaturated/α-hetero) is 1. The molecule has 0 N–H and O–H groups in total. The van der Waals surface area contributed by atoms with E-state index in [0.717, 1.165) is 44.2 Å². The Bertz CT molecular complexity index is 498. The van der Waals surface area contributed by atoms with Crippen LogP contribution in [0.15, 0.2) is 24.3 Å². The van der Waals surface area contributed by atoms with Crippen molar-refractivity contribution in [2.45, 2.75) is 31.2 Å². The normalized spacial score (nSPS) is 32.9. The second-order valence-electron chi connectivity index (χ2n) is 6.47. The zero-order valence-corrected chi connectivity index (χ0v) is 11.9. The summed E-state index contributed by atoms with van der Waals surface area (Å²) in [7, 11) is 0. The average Bonchev–Trinajstić information content (AvgIpc) is 2.47. The van der Waals surface area contributed by atoms with Crippen molar-refractivity contribution >= 4 is 5.78 Å². The van der Waals surface area contributed by atoms with Gasteiger partial charge in [-0.15, -0.1) is 0 Å². The first-order valence-corrected chi connectivity index (χ1v) is 7.92. The number of hydrogen-bond donors (Lipinski definition) is 0. The van der Waals surface area contributed by atoms with Crippen molar-refractivity contribution in [3.05, 3.63) is 35.4 Å². The summed E-state index contributed by atoms with van der Waals surface area (Å²) < 4.78 is 0. The van der Waals surface area contributed by atoms with E-state index in [9.17, 15) is 4.79 Å². The molecule has 0 spiro atoms. The van der Waals surface area contributed by atoms with Crippen LogP contribution in [0, 0.1) is 0 Å². The first-order valence-electron chi connectivity index (χ1n) is 7.92. The van der Waals surface area contributed by atoms with E-state index < -0.39 is 0 Å². The van der Waals surface area contributed by atoms with Crippen LogP contribution in [-0.4, -0.2) is 54.3 Å². The Labute approximate surface area is 120 Å². The van der Waals surface area contributed by atoms with E-state index in [0.29, 0.717) is 5.78 Å². The van der Waals surface area contributed by atoms with Crippen molar-refractivity contribution in [3.8, 4) is 0 Å². The number of hydrogen-bond acceptors (Lipinski definition) is 3. The molecule has 3 saturated heterocycles. The molecule has 1 unspecified atom stereocenters. The quantitative estimate of drug-likeness (QED) is 0.786. The maximum atomic E-state index is 12.7. The molecule has 4 aliphatic rings. The van der Waals surface area contributed by atoms with E-state index in [-0.39, 0.29) is 6.04 Å². The van der Waals surface area contributed by atoms with Crippen LogP contribution in [0.1, 0.15) is 41.1 Å². The summed E-state index contributed by atoms with van der Waals surface area (Å²) in [5, 5.41) is 0. The Balaban J connectivity index is 1.50. The van der Waals surface area contributed by atoms with Gasteiger partial charge in [-0.3, -0.25) is 14.6 Å². The Morgan fingerprint density at radius 2 is 1.70 bits per heavy atom. The maximum absolute atomic E-state index is 12.7. The van der Waals surface area contributed by atoms with Gasteiger partial charge in [0.15, 0.2) is 5.78 Å². The van der Waals surface area contributed by atoms with E-state index in [1.54, 1.807) is 0 Å². The summed E-state index contributed by atoms with van der Waals surface area (Å²) in [5.41, 5.74) is 2.31. The molecule has 1 atom stereocenters. The number of carbonyl (C=O) groups is 1. The number of carbonyl (C=O) groups excluding carboxylic acids is 1. The summed E-state index contributed by atoms with van der Waals surface area (Å²) in [5.74, 6) is 1.06. The highest BCUT2D eigenvalue weighted by atomic mass is 16.1. The van der Waals surface area contributed by atoms with Gasteiger partial charge in [0.05, 0.1) is 6.04 Å². The van der Waals surface area contributed by atoms with Crippen molar-refractivity contribution in [1.82, 2.24) is 9.80 Å². The molecule has 0 radical (unpaired) electrons. The van der Waals surface area contributed by atoms with Gasteiger partial charge in [0.2, 0.25) is 0 Å². The van der Waals surface area contributed by atoms with Crippen LogP contribution < -0.4 is 0 Å². The molecule has 3 aliphatic heterocycles. The lowest BCUT2D eigenvalue weighted by Gasteiger charge is -2.46. The summed E-state index contributed by atoms with van der Waals surface area (Å²) in [6.45, 7) is 5.28. The van der Waals surface area contributed by atoms with E-state index >= 15 is 0 Å². The first-order chi connectivity index (χ1) is 9.81. The molecular weight excluding hydrogens is 248 g/mol. The van der Waals surface area contributed by atoms with E-state index in [2.05, 4.69) is 34.1 Å². The van der Waals surface area contributed by atoms with E-state index in [1.165, 1.54) is 24.8 Å². The lowest BCUT2D eigenvalue weighted by molar-refractivity contribution is 0.0159. The monoisotopic (exact) mass is 270 g/mol. The Kier molecular flexibility index (Phi) is 3.12. The van der Waals surface area contributed by atoms with Crippen LogP contribution in [0.4, 0.5) is 0 Å². The third-order valence-corrected chi connectivity index (χ3v) is 5.35. The minimum Gasteiger partial charge on any atom is -0.299 e. The zero-order valence-electron chi connectivity index (χ0n) is 11.9. The van der Waals surface area contributed by atoms with E-state index in [1.807, 2.05) is 0 Å². The predicted octanol–water partition coefficient (Wildman–Crippen LogP) is 2.14. The average molecular weight is 270 g/mol. The van der Waals surface area contributed by atoms with Crippen molar-refractivity contribution in [3.63, 3.8) is 0 Å². The molecule has 5 rings (SSSR count). The fraction of sp³-hybridized carbons (Fsp3) is 0.588. The highest BCUT2D eigenvalue weighted by molar-refractivity contribution is 6.00. The highest BCUT2D eigenvalue weighted by Crippen LogP contribution is 2.36. The van der Waals surface area contributed by atoms with Gasteiger partial charge < -0.3 is 0 Å². The number of nitrogens with zero attached hydrogens (tertiary/aromatic N) is 2.